The fourth-order valence-electron chi connectivity index (χ4n) is 2.59. The molecule has 26 heavy (non-hydrogen) atoms. The van der Waals surface area contributed by atoms with Gasteiger partial charge in [0.2, 0.25) is 0 Å². The largest absolute Gasteiger partial charge is 0.455 e. The van der Waals surface area contributed by atoms with Crippen LogP contribution in [0.3, 0.4) is 0 Å². The number of nitrogens with one attached hydrogen (secondary N) is 1. The summed E-state index contributed by atoms with van der Waals surface area (Å²) in [6, 6.07) is 7.61. The number of hydrogen-bond acceptors (Lipinski definition) is 6. The number of carbonyl (C=O) groups is 2. The average molecular weight is 400 g/mol. The molecule has 0 spiro atoms. The zero-order valence-electron chi connectivity index (χ0n) is 15.1. The zero-order valence-corrected chi connectivity index (χ0v) is 16.7. The number of esters is 1. The molecule has 6 nitrogen and oxygen atoms in total. The van der Waals surface area contributed by atoms with E-state index in [0.717, 1.165) is 6.42 Å². The second-order valence-electron chi connectivity index (χ2n) is 6.48. The molecule has 1 N–H and O–H groups in total. The first-order chi connectivity index (χ1) is 12.3. The molecule has 0 bridgehead atoms. The van der Waals surface area contributed by atoms with Gasteiger partial charge in [-0.05, 0) is 36.5 Å². The molecule has 1 aromatic carbocycles. The van der Waals surface area contributed by atoms with E-state index in [1.165, 1.54) is 17.3 Å². The Morgan fingerprint density at radius 1 is 1.31 bits per heavy atom. The van der Waals surface area contributed by atoms with E-state index in [4.69, 9.17) is 4.74 Å². The maximum atomic E-state index is 11.9. The fraction of sp³-hybridized carbons (Fsp3) is 0.556. The molecular formula is C18H25NO5S2. The summed E-state index contributed by atoms with van der Waals surface area (Å²) >= 11 is 1.27. The highest BCUT2D eigenvalue weighted by molar-refractivity contribution is 8.02. The van der Waals surface area contributed by atoms with Crippen LogP contribution in [0.4, 0.5) is 5.69 Å². The first kappa shape index (κ1) is 20.8. The molecule has 1 heterocycles. The van der Waals surface area contributed by atoms with Crippen molar-refractivity contribution in [2.24, 2.45) is 0 Å². The SMILES string of the molecule is CC[C@H](C)c1ccc(NC(=O)COC(=O)CS[C@H]2CCS(=O)(=O)C2)cc1. The van der Waals surface area contributed by atoms with Crippen LogP contribution in [0.1, 0.15) is 38.2 Å². The van der Waals surface area contributed by atoms with E-state index in [0.29, 0.717) is 18.0 Å². The minimum Gasteiger partial charge on any atom is -0.455 e. The molecule has 0 unspecified atom stereocenters. The molecule has 0 saturated carbocycles. The lowest BCUT2D eigenvalue weighted by atomic mass is 9.99. The number of benzene rings is 1. The average Bonchev–Trinajstić information content (AvgIpc) is 2.97. The fourth-order valence-corrected chi connectivity index (χ4v) is 6.03. The Kier molecular flexibility index (Phi) is 7.52. The number of hydrogen-bond donors (Lipinski definition) is 1. The number of rotatable bonds is 8. The summed E-state index contributed by atoms with van der Waals surface area (Å²) in [4.78, 5) is 23.6. The quantitative estimate of drug-likeness (QED) is 0.676. The molecule has 1 fully saturated rings. The highest BCUT2D eigenvalue weighted by Gasteiger charge is 2.28. The maximum absolute atomic E-state index is 11.9. The summed E-state index contributed by atoms with van der Waals surface area (Å²) in [6.45, 7) is 3.92. The van der Waals surface area contributed by atoms with Gasteiger partial charge in [-0.2, -0.15) is 0 Å². The highest BCUT2D eigenvalue weighted by Crippen LogP contribution is 2.24. The minimum atomic E-state index is -2.95. The summed E-state index contributed by atoms with van der Waals surface area (Å²) in [5.74, 6) is -0.106. The molecular weight excluding hydrogens is 374 g/mol. The van der Waals surface area contributed by atoms with Gasteiger partial charge < -0.3 is 10.1 Å². The summed E-state index contributed by atoms with van der Waals surface area (Å²) < 4.78 is 27.7. The lowest BCUT2D eigenvalue weighted by Gasteiger charge is -2.11. The number of thioether (sulfide) groups is 1. The number of amides is 1. The smallest absolute Gasteiger partial charge is 0.316 e. The number of anilines is 1. The third-order valence-corrected chi connectivity index (χ3v) is 7.62. The van der Waals surface area contributed by atoms with Crippen LogP contribution in [0.25, 0.3) is 0 Å². The van der Waals surface area contributed by atoms with E-state index in [1.807, 2.05) is 24.3 Å². The number of ether oxygens (including phenoxy) is 1. The van der Waals surface area contributed by atoms with Crippen molar-refractivity contribution in [3.63, 3.8) is 0 Å². The third-order valence-electron chi connectivity index (χ3n) is 4.37. The van der Waals surface area contributed by atoms with E-state index >= 15 is 0 Å². The summed E-state index contributed by atoms with van der Waals surface area (Å²) in [7, 11) is -2.95. The first-order valence-corrected chi connectivity index (χ1v) is 11.5. The molecule has 2 rings (SSSR count). The second kappa shape index (κ2) is 9.41. The van der Waals surface area contributed by atoms with Crippen molar-refractivity contribution in [1.82, 2.24) is 0 Å². The zero-order chi connectivity index (χ0) is 19.2. The van der Waals surface area contributed by atoms with Gasteiger partial charge in [-0.1, -0.05) is 26.0 Å². The topological polar surface area (TPSA) is 89.5 Å². The van der Waals surface area contributed by atoms with Crippen molar-refractivity contribution >= 4 is 39.2 Å². The Morgan fingerprint density at radius 3 is 2.58 bits per heavy atom. The van der Waals surface area contributed by atoms with Gasteiger partial charge >= 0.3 is 5.97 Å². The second-order valence-corrected chi connectivity index (χ2v) is 9.99. The van der Waals surface area contributed by atoms with Crippen LogP contribution in [-0.2, 0) is 24.2 Å². The lowest BCUT2D eigenvalue weighted by molar-refractivity contribution is -0.144. The van der Waals surface area contributed by atoms with Crippen LogP contribution in [0, 0.1) is 0 Å². The van der Waals surface area contributed by atoms with E-state index < -0.39 is 21.7 Å². The molecule has 144 valence electrons. The monoisotopic (exact) mass is 399 g/mol. The Balaban J connectivity index is 1.68. The molecule has 0 aromatic heterocycles. The van der Waals surface area contributed by atoms with Crippen molar-refractivity contribution in [3.05, 3.63) is 29.8 Å². The lowest BCUT2D eigenvalue weighted by Crippen LogP contribution is -2.22. The molecule has 0 aliphatic carbocycles. The summed E-state index contributed by atoms with van der Waals surface area (Å²) in [5.41, 5.74) is 1.87. The van der Waals surface area contributed by atoms with Crippen LogP contribution in [-0.4, -0.2) is 49.4 Å². The van der Waals surface area contributed by atoms with Crippen LogP contribution in [0.2, 0.25) is 0 Å². The number of carbonyl (C=O) groups excluding carboxylic acids is 2. The van der Waals surface area contributed by atoms with E-state index in [1.54, 1.807) is 0 Å². The molecule has 2 atom stereocenters. The number of sulfone groups is 1. The van der Waals surface area contributed by atoms with Gasteiger partial charge in [-0.3, -0.25) is 9.59 Å². The summed E-state index contributed by atoms with van der Waals surface area (Å²) in [6.07, 6.45) is 1.61. The molecule has 1 aliphatic heterocycles. The van der Waals surface area contributed by atoms with Crippen molar-refractivity contribution < 1.29 is 22.7 Å². The molecule has 1 saturated heterocycles. The Hall–Kier alpha value is -1.54. The van der Waals surface area contributed by atoms with Crippen LogP contribution >= 0.6 is 11.8 Å². The Morgan fingerprint density at radius 2 is 2.00 bits per heavy atom. The minimum absolute atomic E-state index is 0.0526. The van der Waals surface area contributed by atoms with Gasteiger partial charge in [0.15, 0.2) is 16.4 Å². The van der Waals surface area contributed by atoms with Gasteiger partial charge in [0.1, 0.15) is 0 Å². The van der Waals surface area contributed by atoms with Crippen molar-refractivity contribution in [3.8, 4) is 0 Å². The summed E-state index contributed by atoms with van der Waals surface area (Å²) in [5, 5.41) is 2.62. The van der Waals surface area contributed by atoms with Gasteiger partial charge in [-0.25, -0.2) is 8.42 Å². The Labute approximate surface area is 159 Å². The molecule has 1 aliphatic rings. The van der Waals surface area contributed by atoms with Crippen LogP contribution < -0.4 is 5.32 Å². The molecule has 8 heteroatoms. The van der Waals surface area contributed by atoms with Gasteiger partial charge in [0.25, 0.3) is 5.91 Å². The van der Waals surface area contributed by atoms with Gasteiger partial charge in [-0.15, -0.1) is 11.8 Å². The third kappa shape index (κ3) is 6.64. The van der Waals surface area contributed by atoms with Gasteiger partial charge in [0, 0.05) is 10.9 Å². The molecule has 0 radical (unpaired) electrons. The van der Waals surface area contributed by atoms with E-state index in [9.17, 15) is 18.0 Å². The highest BCUT2D eigenvalue weighted by atomic mass is 32.2. The van der Waals surface area contributed by atoms with Crippen molar-refractivity contribution in [2.45, 2.75) is 37.9 Å². The van der Waals surface area contributed by atoms with E-state index in [2.05, 4.69) is 19.2 Å². The van der Waals surface area contributed by atoms with E-state index in [-0.39, 0.29) is 29.1 Å². The maximum Gasteiger partial charge on any atom is 0.316 e. The predicted octanol–water partition coefficient (Wildman–Crippen LogP) is 2.60. The van der Waals surface area contributed by atoms with Crippen LogP contribution in [0.5, 0.6) is 0 Å². The van der Waals surface area contributed by atoms with Crippen LogP contribution in [0.15, 0.2) is 24.3 Å². The standard InChI is InChI=1S/C18H25NO5S2/c1-3-13(2)14-4-6-15(7-5-14)19-17(20)10-24-18(21)11-25-16-8-9-26(22,23)12-16/h4-7,13,16H,3,8-12H2,1-2H3,(H,19,20)/t13-,16-/m0/s1. The van der Waals surface area contributed by atoms with Gasteiger partial charge in [0.05, 0.1) is 17.3 Å². The predicted molar refractivity (Wildman–Crippen MR) is 104 cm³/mol. The first-order valence-electron chi connectivity index (χ1n) is 8.66. The molecule has 1 amide bonds. The van der Waals surface area contributed by atoms with Crippen molar-refractivity contribution in [1.29, 1.82) is 0 Å². The normalized spacial score (nSPS) is 19.7. The Bertz CT molecular complexity index is 730. The van der Waals surface area contributed by atoms with Crippen molar-refractivity contribution in [2.75, 3.05) is 29.2 Å². The molecule has 1 aromatic rings.